The number of carbonyl (C=O) groups excluding carboxylic acids is 1. The highest BCUT2D eigenvalue weighted by molar-refractivity contribution is 5.76. The number of morpholine rings is 1. The topological polar surface area (TPSA) is 29.5 Å². The molecule has 2 aromatic carbocycles. The lowest BCUT2D eigenvalue weighted by molar-refractivity contribution is -0.139. The van der Waals surface area contributed by atoms with Gasteiger partial charge in [0, 0.05) is 18.5 Å². The molecule has 1 heterocycles. The average Bonchev–Trinajstić information content (AvgIpc) is 2.67. The van der Waals surface area contributed by atoms with E-state index >= 15 is 0 Å². The van der Waals surface area contributed by atoms with Gasteiger partial charge in [0.05, 0.1) is 13.2 Å². The number of halogens is 1. The van der Waals surface area contributed by atoms with Crippen molar-refractivity contribution < 1.29 is 13.9 Å². The van der Waals surface area contributed by atoms with Crippen LogP contribution < -0.4 is 0 Å². The quantitative estimate of drug-likeness (QED) is 0.717. The number of ether oxygens (including phenoxy) is 1. The molecule has 1 amide bonds. The van der Waals surface area contributed by atoms with Crippen molar-refractivity contribution in [2.75, 3.05) is 19.7 Å². The Hall–Kier alpha value is -2.20. The number of benzene rings is 2. The number of nitrogens with zero attached hydrogens (tertiary/aromatic N) is 1. The predicted molar refractivity (Wildman–Crippen MR) is 100 cm³/mol. The third kappa shape index (κ3) is 4.92. The maximum absolute atomic E-state index is 14.0. The number of rotatable bonds is 6. The monoisotopic (exact) mass is 355 g/mol. The lowest BCUT2D eigenvalue weighted by atomic mass is 10.0. The summed E-state index contributed by atoms with van der Waals surface area (Å²) in [6.45, 7) is 3.55. The summed E-state index contributed by atoms with van der Waals surface area (Å²) in [5.41, 5.74) is 3.11. The molecule has 1 fully saturated rings. The second kappa shape index (κ2) is 8.95. The van der Waals surface area contributed by atoms with Gasteiger partial charge in [0.25, 0.3) is 0 Å². The third-order valence-corrected chi connectivity index (χ3v) is 4.90. The van der Waals surface area contributed by atoms with Crippen molar-refractivity contribution in [1.29, 1.82) is 0 Å². The zero-order valence-corrected chi connectivity index (χ0v) is 15.3. The minimum Gasteiger partial charge on any atom is -0.370 e. The molecule has 2 aromatic rings. The predicted octanol–water partition coefficient (Wildman–Crippen LogP) is 4.45. The minimum atomic E-state index is -0.374. The summed E-state index contributed by atoms with van der Waals surface area (Å²) >= 11 is 0. The molecule has 1 atom stereocenters. The molecule has 26 heavy (non-hydrogen) atoms. The average molecular weight is 355 g/mol. The van der Waals surface area contributed by atoms with Gasteiger partial charge in [0.2, 0.25) is 5.91 Å². The molecule has 1 aliphatic rings. The van der Waals surface area contributed by atoms with Crippen LogP contribution in [-0.4, -0.2) is 30.5 Å². The van der Waals surface area contributed by atoms with Gasteiger partial charge in [-0.2, -0.15) is 0 Å². The van der Waals surface area contributed by atoms with Gasteiger partial charge in [-0.25, -0.2) is 4.39 Å². The SMILES string of the molecule is Cc1ccc(CCCCC(=O)N2CCOC(c3ccccc3F)C2)cc1. The molecule has 0 bridgehead atoms. The molecule has 0 spiro atoms. The fourth-order valence-corrected chi connectivity index (χ4v) is 3.32. The van der Waals surface area contributed by atoms with Crippen molar-refractivity contribution >= 4 is 5.91 Å². The largest absolute Gasteiger partial charge is 0.370 e. The molecule has 3 nitrogen and oxygen atoms in total. The van der Waals surface area contributed by atoms with Crippen LogP contribution in [0.1, 0.15) is 42.1 Å². The lowest BCUT2D eigenvalue weighted by Gasteiger charge is -2.33. The first-order valence-corrected chi connectivity index (χ1v) is 9.33. The van der Waals surface area contributed by atoms with Crippen LogP contribution in [0.2, 0.25) is 0 Å². The first kappa shape index (κ1) is 18.6. The first-order chi connectivity index (χ1) is 12.6. The van der Waals surface area contributed by atoms with Crippen molar-refractivity contribution in [2.24, 2.45) is 0 Å². The van der Waals surface area contributed by atoms with Gasteiger partial charge in [-0.3, -0.25) is 4.79 Å². The van der Waals surface area contributed by atoms with Crippen LogP contribution >= 0.6 is 0 Å². The lowest BCUT2D eigenvalue weighted by Crippen LogP contribution is -2.42. The van der Waals surface area contributed by atoms with Gasteiger partial charge >= 0.3 is 0 Å². The highest BCUT2D eigenvalue weighted by Crippen LogP contribution is 2.25. The van der Waals surface area contributed by atoms with Crippen LogP contribution in [0.15, 0.2) is 48.5 Å². The van der Waals surface area contributed by atoms with E-state index in [0.29, 0.717) is 31.7 Å². The van der Waals surface area contributed by atoms with Crippen LogP contribution in [-0.2, 0) is 16.0 Å². The van der Waals surface area contributed by atoms with Gasteiger partial charge in [-0.05, 0) is 37.8 Å². The van der Waals surface area contributed by atoms with Crippen LogP contribution in [0, 0.1) is 12.7 Å². The first-order valence-electron chi connectivity index (χ1n) is 9.33. The third-order valence-electron chi connectivity index (χ3n) is 4.90. The van der Waals surface area contributed by atoms with Crippen LogP contribution in [0.25, 0.3) is 0 Å². The minimum absolute atomic E-state index is 0.138. The second-order valence-electron chi connectivity index (χ2n) is 6.91. The molecule has 4 heteroatoms. The summed E-state index contributed by atoms with van der Waals surface area (Å²) in [6.07, 6.45) is 3.02. The standard InChI is InChI=1S/C22H26FNO2/c1-17-10-12-18(13-11-17)6-2-5-9-22(25)24-14-15-26-21(16-24)19-7-3-4-8-20(19)23/h3-4,7-8,10-13,21H,2,5-6,9,14-16H2,1H3. The van der Waals surface area contributed by atoms with E-state index < -0.39 is 0 Å². The fraction of sp³-hybridized carbons (Fsp3) is 0.409. The summed E-state index contributed by atoms with van der Waals surface area (Å²) in [5.74, 6) is -0.136. The van der Waals surface area contributed by atoms with Crippen LogP contribution in [0.5, 0.6) is 0 Å². The highest BCUT2D eigenvalue weighted by Gasteiger charge is 2.26. The van der Waals surface area contributed by atoms with Crippen molar-refractivity contribution in [3.63, 3.8) is 0 Å². The van der Waals surface area contributed by atoms with E-state index in [0.717, 1.165) is 19.3 Å². The molecular weight excluding hydrogens is 329 g/mol. The number of hydrogen-bond acceptors (Lipinski definition) is 2. The molecule has 1 unspecified atom stereocenters. The van der Waals surface area contributed by atoms with Gasteiger partial charge in [-0.15, -0.1) is 0 Å². The van der Waals surface area contributed by atoms with E-state index in [1.807, 2.05) is 4.90 Å². The Bertz CT molecular complexity index is 729. The Morgan fingerprint density at radius 2 is 1.92 bits per heavy atom. The van der Waals surface area contributed by atoms with Crippen molar-refractivity contribution in [3.05, 3.63) is 71.0 Å². The van der Waals surface area contributed by atoms with E-state index in [1.165, 1.54) is 17.2 Å². The summed E-state index contributed by atoms with van der Waals surface area (Å²) in [4.78, 5) is 14.3. The van der Waals surface area contributed by atoms with Gasteiger partial charge < -0.3 is 9.64 Å². The zero-order chi connectivity index (χ0) is 18.4. The van der Waals surface area contributed by atoms with Crippen molar-refractivity contribution in [2.45, 2.75) is 38.7 Å². The Morgan fingerprint density at radius 1 is 1.15 bits per heavy atom. The van der Waals surface area contributed by atoms with Gasteiger partial charge in [0.15, 0.2) is 0 Å². The number of aryl methyl sites for hydroxylation is 2. The fourth-order valence-electron chi connectivity index (χ4n) is 3.32. The molecule has 0 saturated carbocycles. The summed E-state index contributed by atoms with van der Waals surface area (Å²) in [6, 6.07) is 15.2. The number of hydrogen-bond donors (Lipinski definition) is 0. The highest BCUT2D eigenvalue weighted by atomic mass is 19.1. The summed E-state index contributed by atoms with van der Waals surface area (Å²) in [7, 11) is 0. The molecule has 0 aliphatic carbocycles. The molecule has 138 valence electrons. The van der Waals surface area contributed by atoms with E-state index in [2.05, 4.69) is 31.2 Å². The van der Waals surface area contributed by atoms with Crippen LogP contribution in [0.4, 0.5) is 4.39 Å². The van der Waals surface area contributed by atoms with E-state index in [1.54, 1.807) is 18.2 Å². The molecular formula is C22H26FNO2. The van der Waals surface area contributed by atoms with Crippen molar-refractivity contribution in [1.82, 2.24) is 4.90 Å². The zero-order valence-electron chi connectivity index (χ0n) is 15.3. The molecule has 0 N–H and O–H groups in total. The van der Waals surface area contributed by atoms with E-state index in [-0.39, 0.29) is 17.8 Å². The molecule has 0 radical (unpaired) electrons. The Balaban J connectivity index is 1.45. The summed E-state index contributed by atoms with van der Waals surface area (Å²) < 4.78 is 19.6. The molecule has 3 rings (SSSR count). The molecule has 1 aliphatic heterocycles. The second-order valence-corrected chi connectivity index (χ2v) is 6.91. The van der Waals surface area contributed by atoms with Gasteiger partial charge in [-0.1, -0.05) is 48.0 Å². The maximum Gasteiger partial charge on any atom is 0.222 e. The molecule has 1 saturated heterocycles. The van der Waals surface area contributed by atoms with Crippen molar-refractivity contribution in [3.8, 4) is 0 Å². The number of unbranched alkanes of at least 4 members (excludes halogenated alkanes) is 1. The summed E-state index contributed by atoms with van der Waals surface area (Å²) in [5, 5.41) is 0. The Labute approximate surface area is 154 Å². The number of carbonyl (C=O) groups is 1. The maximum atomic E-state index is 14.0. The number of amides is 1. The Morgan fingerprint density at radius 3 is 2.69 bits per heavy atom. The smallest absolute Gasteiger partial charge is 0.222 e. The Kier molecular flexibility index (Phi) is 6.40. The normalized spacial score (nSPS) is 17.3. The van der Waals surface area contributed by atoms with Gasteiger partial charge in [0.1, 0.15) is 11.9 Å². The molecule has 0 aromatic heterocycles. The van der Waals surface area contributed by atoms with Crippen LogP contribution in [0.3, 0.4) is 0 Å². The van der Waals surface area contributed by atoms with E-state index in [4.69, 9.17) is 4.74 Å². The van der Waals surface area contributed by atoms with E-state index in [9.17, 15) is 9.18 Å².